The first-order valence-electron chi connectivity index (χ1n) is 10.5. The lowest BCUT2D eigenvalue weighted by Crippen LogP contribution is -2.39. The monoisotopic (exact) mass is 354 g/mol. The highest BCUT2D eigenvalue weighted by molar-refractivity contribution is 5.82. The Morgan fingerprint density at radius 2 is 1.81 bits per heavy atom. The second kappa shape index (κ2) is 6.59. The Kier molecular flexibility index (Phi) is 4.23. The largest absolute Gasteiger partial charge is 0.342 e. The molecule has 2 aliphatic heterocycles. The van der Waals surface area contributed by atoms with Crippen molar-refractivity contribution in [3.63, 3.8) is 0 Å². The molecule has 1 saturated heterocycles. The number of fused-ring (bicyclic) bond motifs is 2. The molecule has 26 heavy (non-hydrogen) atoms. The highest BCUT2D eigenvalue weighted by Crippen LogP contribution is 2.56. The summed E-state index contributed by atoms with van der Waals surface area (Å²) in [7, 11) is 2.15. The minimum atomic E-state index is 0.367. The van der Waals surface area contributed by atoms with E-state index < -0.39 is 0 Å². The van der Waals surface area contributed by atoms with Gasteiger partial charge in [0, 0.05) is 61.9 Å². The van der Waals surface area contributed by atoms with Gasteiger partial charge in [0.05, 0.1) is 0 Å². The van der Waals surface area contributed by atoms with Crippen LogP contribution in [0.2, 0.25) is 0 Å². The van der Waals surface area contributed by atoms with Crippen molar-refractivity contribution in [3.8, 4) is 0 Å². The molecule has 2 atom stereocenters. The summed E-state index contributed by atoms with van der Waals surface area (Å²) in [6, 6.07) is 0. The van der Waals surface area contributed by atoms with Gasteiger partial charge in [-0.05, 0) is 44.6 Å². The lowest BCUT2D eigenvalue weighted by molar-refractivity contribution is -0.134. The number of likely N-dealkylation sites (tertiary alicyclic amines) is 1. The van der Waals surface area contributed by atoms with Gasteiger partial charge in [-0.15, -0.1) is 0 Å². The maximum absolute atomic E-state index is 12.9. The zero-order chi connectivity index (χ0) is 17.7. The topological polar surface area (TPSA) is 49.3 Å². The van der Waals surface area contributed by atoms with E-state index in [9.17, 15) is 4.79 Å². The molecule has 4 aliphatic rings. The Balaban J connectivity index is 1.20. The first-order chi connectivity index (χ1) is 12.7. The summed E-state index contributed by atoms with van der Waals surface area (Å²) in [5.74, 6) is 3.69. The van der Waals surface area contributed by atoms with Crippen molar-refractivity contribution in [2.75, 3.05) is 26.7 Å². The highest BCUT2D eigenvalue weighted by atomic mass is 16.2. The molecule has 0 radical (unpaired) electrons. The van der Waals surface area contributed by atoms with Gasteiger partial charge in [-0.2, -0.15) is 0 Å². The summed E-state index contributed by atoms with van der Waals surface area (Å²) in [6.07, 6.45) is 10.4. The molecular weight excluding hydrogens is 324 g/mol. The van der Waals surface area contributed by atoms with Crippen LogP contribution in [0, 0.1) is 17.8 Å². The van der Waals surface area contributed by atoms with Gasteiger partial charge < -0.3 is 9.80 Å². The van der Waals surface area contributed by atoms with Crippen LogP contribution in [0.1, 0.15) is 61.5 Å². The molecule has 3 heterocycles. The molecule has 5 rings (SSSR count). The second-order valence-electron chi connectivity index (χ2n) is 8.93. The molecule has 3 fully saturated rings. The van der Waals surface area contributed by atoms with E-state index in [1.165, 1.54) is 36.9 Å². The second-order valence-corrected chi connectivity index (χ2v) is 8.93. The summed E-state index contributed by atoms with van der Waals surface area (Å²) in [5, 5.41) is 0. The van der Waals surface area contributed by atoms with Gasteiger partial charge in [-0.3, -0.25) is 4.79 Å². The molecule has 1 aromatic heterocycles. The van der Waals surface area contributed by atoms with E-state index in [4.69, 9.17) is 4.98 Å². The lowest BCUT2D eigenvalue weighted by Gasteiger charge is -2.32. The van der Waals surface area contributed by atoms with Crippen LogP contribution in [0.25, 0.3) is 0 Å². The van der Waals surface area contributed by atoms with Crippen LogP contribution in [0.5, 0.6) is 0 Å². The van der Waals surface area contributed by atoms with E-state index in [0.717, 1.165) is 63.1 Å². The van der Waals surface area contributed by atoms with Crippen molar-refractivity contribution < 1.29 is 4.79 Å². The van der Waals surface area contributed by atoms with Crippen LogP contribution in [0.15, 0.2) is 6.20 Å². The number of carbonyl (C=O) groups is 1. The number of carbonyl (C=O) groups excluding carboxylic acids is 1. The normalized spacial score (nSPS) is 32.0. The summed E-state index contributed by atoms with van der Waals surface area (Å²) < 4.78 is 0. The fraction of sp³-hybridized carbons (Fsp3) is 0.762. The SMILES string of the molecule is CN1CCc2nc(C3CCN(C(=O)C4[C@H]5CCCC[C@H]45)CC3)ncc2C1. The smallest absolute Gasteiger partial charge is 0.226 e. The zero-order valence-corrected chi connectivity index (χ0v) is 15.9. The molecule has 5 heteroatoms. The maximum atomic E-state index is 12.9. The van der Waals surface area contributed by atoms with E-state index in [2.05, 4.69) is 21.8 Å². The third kappa shape index (κ3) is 2.94. The summed E-state index contributed by atoms with van der Waals surface area (Å²) >= 11 is 0. The Morgan fingerprint density at radius 3 is 2.54 bits per heavy atom. The summed E-state index contributed by atoms with van der Waals surface area (Å²) in [5.41, 5.74) is 2.53. The molecule has 1 amide bonds. The standard InChI is InChI=1S/C21H30N4O/c1-24-9-8-18-15(13-24)12-22-20(23-18)14-6-10-25(11-7-14)21(26)19-16-4-2-3-5-17(16)19/h12,14,16-17,19H,2-11,13H2,1H3/t16-,17-/m0/s1. The van der Waals surface area contributed by atoms with Crippen LogP contribution in [-0.4, -0.2) is 52.4 Å². The van der Waals surface area contributed by atoms with Gasteiger partial charge in [0.2, 0.25) is 5.91 Å². The minimum absolute atomic E-state index is 0.367. The van der Waals surface area contributed by atoms with Crippen LogP contribution < -0.4 is 0 Å². The van der Waals surface area contributed by atoms with E-state index in [1.54, 1.807) is 0 Å². The van der Waals surface area contributed by atoms with Crippen molar-refractivity contribution in [1.29, 1.82) is 0 Å². The van der Waals surface area contributed by atoms with Crippen LogP contribution in [0.4, 0.5) is 0 Å². The number of amides is 1. The molecule has 0 aromatic carbocycles. The number of hydrogen-bond donors (Lipinski definition) is 0. The van der Waals surface area contributed by atoms with Crippen molar-refractivity contribution in [1.82, 2.24) is 19.8 Å². The van der Waals surface area contributed by atoms with Crippen LogP contribution >= 0.6 is 0 Å². The number of likely N-dealkylation sites (N-methyl/N-ethyl adjacent to an activating group) is 1. The molecule has 2 saturated carbocycles. The first kappa shape index (κ1) is 16.7. The molecule has 2 aliphatic carbocycles. The van der Waals surface area contributed by atoms with Gasteiger partial charge in [0.25, 0.3) is 0 Å². The summed E-state index contributed by atoms with van der Waals surface area (Å²) in [4.78, 5) is 26.9. The van der Waals surface area contributed by atoms with E-state index >= 15 is 0 Å². The van der Waals surface area contributed by atoms with Gasteiger partial charge >= 0.3 is 0 Å². The fourth-order valence-corrected chi connectivity index (χ4v) is 5.60. The van der Waals surface area contributed by atoms with E-state index in [1.807, 2.05) is 6.20 Å². The third-order valence-electron chi connectivity index (χ3n) is 7.26. The average Bonchev–Trinajstić information content (AvgIpc) is 3.41. The Morgan fingerprint density at radius 1 is 1.08 bits per heavy atom. The summed E-state index contributed by atoms with van der Waals surface area (Å²) in [6.45, 7) is 3.83. The van der Waals surface area contributed by atoms with Crippen molar-refractivity contribution >= 4 is 5.91 Å². The van der Waals surface area contributed by atoms with Crippen molar-refractivity contribution in [2.24, 2.45) is 17.8 Å². The number of nitrogens with zero attached hydrogens (tertiary/aromatic N) is 4. The maximum Gasteiger partial charge on any atom is 0.226 e. The molecule has 0 spiro atoms. The third-order valence-corrected chi connectivity index (χ3v) is 7.26. The molecule has 140 valence electrons. The number of hydrogen-bond acceptors (Lipinski definition) is 4. The Hall–Kier alpha value is -1.49. The van der Waals surface area contributed by atoms with Crippen LogP contribution in [0.3, 0.4) is 0 Å². The Bertz CT molecular complexity index is 685. The number of piperidine rings is 1. The quantitative estimate of drug-likeness (QED) is 0.819. The Labute approximate surface area is 156 Å². The van der Waals surface area contributed by atoms with Crippen molar-refractivity contribution in [2.45, 2.75) is 57.4 Å². The van der Waals surface area contributed by atoms with Crippen molar-refractivity contribution in [3.05, 3.63) is 23.3 Å². The van der Waals surface area contributed by atoms with E-state index in [-0.39, 0.29) is 0 Å². The molecule has 1 aromatic rings. The fourth-order valence-electron chi connectivity index (χ4n) is 5.60. The van der Waals surface area contributed by atoms with E-state index in [0.29, 0.717) is 17.7 Å². The average molecular weight is 354 g/mol. The predicted octanol–water partition coefficient (Wildman–Crippen LogP) is 2.61. The van der Waals surface area contributed by atoms with Gasteiger partial charge in [0.1, 0.15) is 5.82 Å². The predicted molar refractivity (Wildman–Crippen MR) is 99.6 cm³/mol. The number of rotatable bonds is 2. The molecular formula is C21H30N4O. The number of aromatic nitrogens is 2. The molecule has 0 N–H and O–H groups in total. The molecule has 0 unspecified atom stereocenters. The van der Waals surface area contributed by atoms with Gasteiger partial charge in [0.15, 0.2) is 0 Å². The van der Waals surface area contributed by atoms with Crippen LogP contribution in [-0.2, 0) is 17.8 Å². The first-order valence-corrected chi connectivity index (χ1v) is 10.5. The van der Waals surface area contributed by atoms with Gasteiger partial charge in [-0.1, -0.05) is 12.8 Å². The highest BCUT2D eigenvalue weighted by Gasteiger charge is 2.55. The lowest BCUT2D eigenvalue weighted by atomic mass is 9.95. The minimum Gasteiger partial charge on any atom is -0.342 e. The van der Waals surface area contributed by atoms with Gasteiger partial charge in [-0.25, -0.2) is 9.97 Å². The molecule has 0 bridgehead atoms. The molecule has 5 nitrogen and oxygen atoms in total. The zero-order valence-electron chi connectivity index (χ0n) is 15.9.